The van der Waals surface area contributed by atoms with Crippen molar-refractivity contribution in [2.75, 3.05) is 0 Å². The van der Waals surface area contributed by atoms with Gasteiger partial charge in [0.15, 0.2) is 17.5 Å². The van der Waals surface area contributed by atoms with E-state index in [0.29, 0.717) is 29.3 Å². The number of hydrogen-bond donors (Lipinski definition) is 0. The molecule has 5 rings (SSSR count). The molecule has 4 aromatic rings. The maximum atomic E-state index is 15.2. The summed E-state index contributed by atoms with van der Waals surface area (Å²) in [7, 11) is 0. The van der Waals surface area contributed by atoms with Crippen LogP contribution >= 0.6 is 0 Å². The smallest absolute Gasteiger partial charge is 0.429 e. The summed E-state index contributed by atoms with van der Waals surface area (Å²) in [5.74, 6) is -10.1. The average molecular weight is 632 g/mol. The second kappa shape index (κ2) is 13.4. The predicted molar refractivity (Wildman–Crippen MR) is 155 cm³/mol. The number of benzene rings is 3. The first-order chi connectivity index (χ1) is 21.5. The first kappa shape index (κ1) is 32.2. The Balaban J connectivity index is 1.30. The molecule has 1 aromatic heterocycles. The minimum Gasteiger partial charge on any atom is -0.429 e. The molecular formula is C35H29F8NO. The van der Waals surface area contributed by atoms with Crippen molar-refractivity contribution < 1.29 is 39.9 Å². The van der Waals surface area contributed by atoms with Crippen LogP contribution in [0, 0.1) is 40.8 Å². The number of halogens is 8. The van der Waals surface area contributed by atoms with Crippen LogP contribution in [0.1, 0.15) is 62.5 Å². The Bertz CT molecular complexity index is 1650. The van der Waals surface area contributed by atoms with Crippen molar-refractivity contribution in [2.24, 2.45) is 5.92 Å². The lowest BCUT2D eigenvalue weighted by Gasteiger charge is -2.28. The summed E-state index contributed by atoms with van der Waals surface area (Å²) in [6, 6.07) is 8.83. The molecule has 0 atom stereocenters. The standard InChI is InChI=1S/C35H29F8NO/c1-2-3-4-5-20-6-8-21(9-7-20)23-11-13-32(44-19-23)22-10-12-26(27(36)14-22)24-15-28(37)33(29(38)16-24)35(42,43)45-25-17-30(39)34(41)31(40)18-25/h2-3,10-21H,4-9H2,1H3. The molecule has 0 saturated heterocycles. The van der Waals surface area contributed by atoms with Gasteiger partial charge in [0, 0.05) is 29.5 Å². The van der Waals surface area contributed by atoms with E-state index in [4.69, 9.17) is 0 Å². The molecule has 0 aliphatic heterocycles. The summed E-state index contributed by atoms with van der Waals surface area (Å²) in [5, 5.41) is 0. The molecule has 236 valence electrons. The number of aromatic nitrogens is 1. The third kappa shape index (κ3) is 7.21. The summed E-state index contributed by atoms with van der Waals surface area (Å²) in [5.41, 5.74) is -0.506. The second-order valence-corrected chi connectivity index (χ2v) is 11.2. The minimum atomic E-state index is -4.75. The fourth-order valence-electron chi connectivity index (χ4n) is 5.81. The Morgan fingerprint density at radius 2 is 1.42 bits per heavy atom. The van der Waals surface area contributed by atoms with Crippen LogP contribution in [0.3, 0.4) is 0 Å². The van der Waals surface area contributed by atoms with Crippen LogP contribution in [0.2, 0.25) is 0 Å². The lowest BCUT2D eigenvalue weighted by atomic mass is 9.77. The summed E-state index contributed by atoms with van der Waals surface area (Å²) in [6.07, 6.45) is 8.09. The van der Waals surface area contributed by atoms with Gasteiger partial charge in [-0.15, -0.1) is 0 Å². The van der Waals surface area contributed by atoms with Crippen LogP contribution < -0.4 is 4.74 Å². The van der Waals surface area contributed by atoms with E-state index in [2.05, 4.69) is 21.9 Å². The molecule has 0 amide bonds. The van der Waals surface area contributed by atoms with Gasteiger partial charge in [-0.25, -0.2) is 26.3 Å². The van der Waals surface area contributed by atoms with Crippen LogP contribution in [0.5, 0.6) is 5.75 Å². The normalized spacial score (nSPS) is 17.2. The van der Waals surface area contributed by atoms with E-state index in [-0.39, 0.29) is 23.3 Å². The van der Waals surface area contributed by atoms with Crippen molar-refractivity contribution in [1.82, 2.24) is 4.98 Å². The van der Waals surface area contributed by atoms with Crippen LogP contribution in [-0.2, 0) is 6.11 Å². The van der Waals surface area contributed by atoms with E-state index in [1.165, 1.54) is 18.6 Å². The Hall–Kier alpha value is -4.21. The van der Waals surface area contributed by atoms with Gasteiger partial charge in [-0.05, 0) is 92.7 Å². The van der Waals surface area contributed by atoms with E-state index in [1.807, 2.05) is 13.0 Å². The van der Waals surface area contributed by atoms with E-state index in [1.54, 1.807) is 12.3 Å². The molecule has 0 radical (unpaired) electrons. The van der Waals surface area contributed by atoms with Gasteiger partial charge in [0.25, 0.3) is 0 Å². The molecule has 1 heterocycles. The zero-order chi connectivity index (χ0) is 32.3. The molecule has 1 aliphatic rings. The number of nitrogens with zero attached hydrogens (tertiary/aromatic N) is 1. The van der Waals surface area contributed by atoms with Crippen LogP contribution in [0.4, 0.5) is 35.1 Å². The molecule has 10 heteroatoms. The Morgan fingerprint density at radius 1 is 0.778 bits per heavy atom. The Morgan fingerprint density at radius 3 is 2.00 bits per heavy atom. The number of alkyl halides is 2. The van der Waals surface area contributed by atoms with E-state index in [0.717, 1.165) is 49.7 Å². The van der Waals surface area contributed by atoms with Gasteiger partial charge in [0.1, 0.15) is 28.8 Å². The third-order valence-corrected chi connectivity index (χ3v) is 8.19. The molecule has 0 bridgehead atoms. The fraction of sp³-hybridized carbons (Fsp3) is 0.286. The molecule has 45 heavy (non-hydrogen) atoms. The number of pyridine rings is 1. The second-order valence-electron chi connectivity index (χ2n) is 11.2. The quantitative estimate of drug-likeness (QED) is 0.104. The fourth-order valence-corrected chi connectivity index (χ4v) is 5.81. The molecule has 1 fully saturated rings. The van der Waals surface area contributed by atoms with E-state index >= 15 is 4.39 Å². The van der Waals surface area contributed by atoms with Crippen molar-refractivity contribution in [3.8, 4) is 28.1 Å². The molecule has 0 N–H and O–H groups in total. The molecular weight excluding hydrogens is 602 g/mol. The number of ether oxygens (including phenoxy) is 1. The number of rotatable bonds is 9. The monoisotopic (exact) mass is 631 g/mol. The lowest BCUT2D eigenvalue weighted by molar-refractivity contribution is -0.189. The van der Waals surface area contributed by atoms with Gasteiger partial charge in [0.2, 0.25) is 0 Å². The Kier molecular flexibility index (Phi) is 9.60. The first-order valence-electron chi connectivity index (χ1n) is 14.5. The zero-order valence-corrected chi connectivity index (χ0v) is 24.2. The van der Waals surface area contributed by atoms with E-state index < -0.39 is 52.3 Å². The van der Waals surface area contributed by atoms with Gasteiger partial charge in [-0.2, -0.15) is 8.78 Å². The number of allylic oxidation sites excluding steroid dienone is 2. The number of hydrogen-bond acceptors (Lipinski definition) is 2. The van der Waals surface area contributed by atoms with Gasteiger partial charge in [-0.3, -0.25) is 4.98 Å². The van der Waals surface area contributed by atoms with Gasteiger partial charge in [0.05, 0.1) is 5.69 Å². The maximum absolute atomic E-state index is 15.2. The highest BCUT2D eigenvalue weighted by molar-refractivity contribution is 5.70. The van der Waals surface area contributed by atoms with Crippen molar-refractivity contribution >= 4 is 0 Å². The van der Waals surface area contributed by atoms with Crippen molar-refractivity contribution in [3.05, 3.63) is 119 Å². The zero-order valence-electron chi connectivity index (χ0n) is 24.2. The lowest BCUT2D eigenvalue weighted by Crippen LogP contribution is -2.25. The largest absolute Gasteiger partial charge is 0.432 e. The predicted octanol–water partition coefficient (Wildman–Crippen LogP) is 11.0. The van der Waals surface area contributed by atoms with Crippen LogP contribution in [-0.4, -0.2) is 4.98 Å². The highest BCUT2D eigenvalue weighted by Gasteiger charge is 2.41. The minimum absolute atomic E-state index is 0.106. The van der Waals surface area contributed by atoms with Crippen molar-refractivity contribution in [2.45, 2.75) is 57.5 Å². The molecule has 0 unspecified atom stereocenters. The van der Waals surface area contributed by atoms with Crippen molar-refractivity contribution in [3.63, 3.8) is 0 Å². The Labute approximate surface area is 255 Å². The summed E-state index contributed by atoms with van der Waals surface area (Å²) >= 11 is 0. The topological polar surface area (TPSA) is 22.1 Å². The SMILES string of the molecule is CC=CCCC1CCC(c2ccc(-c3ccc(-c4cc(F)c(C(F)(F)Oc5cc(F)c(F)c(F)c5)c(F)c4)c(F)c3)nc2)CC1. The van der Waals surface area contributed by atoms with Crippen LogP contribution in [0.25, 0.3) is 22.4 Å². The summed E-state index contributed by atoms with van der Waals surface area (Å²) in [4.78, 5) is 4.50. The maximum Gasteiger partial charge on any atom is 0.432 e. The third-order valence-electron chi connectivity index (χ3n) is 8.19. The highest BCUT2D eigenvalue weighted by Crippen LogP contribution is 2.40. The van der Waals surface area contributed by atoms with Gasteiger partial charge >= 0.3 is 6.11 Å². The molecule has 0 spiro atoms. The summed E-state index contributed by atoms with van der Waals surface area (Å²) < 4.78 is 118. The first-order valence-corrected chi connectivity index (χ1v) is 14.5. The molecule has 2 nitrogen and oxygen atoms in total. The van der Waals surface area contributed by atoms with Gasteiger partial charge < -0.3 is 4.74 Å². The molecule has 1 aliphatic carbocycles. The van der Waals surface area contributed by atoms with Crippen LogP contribution in [0.15, 0.2) is 72.9 Å². The highest BCUT2D eigenvalue weighted by atomic mass is 19.3. The molecule has 3 aromatic carbocycles. The molecule has 1 saturated carbocycles. The van der Waals surface area contributed by atoms with Crippen molar-refractivity contribution in [1.29, 1.82) is 0 Å². The van der Waals surface area contributed by atoms with E-state index in [9.17, 15) is 30.7 Å². The summed E-state index contributed by atoms with van der Waals surface area (Å²) in [6.45, 7) is 2.03. The average Bonchev–Trinajstić information content (AvgIpc) is 2.99. The van der Waals surface area contributed by atoms with Gasteiger partial charge in [-0.1, -0.05) is 30.4 Å².